The lowest BCUT2D eigenvalue weighted by atomic mass is 10.1. The largest absolute Gasteiger partial charge is 0.368 e. The molecule has 1 N–H and O–H groups in total. The predicted molar refractivity (Wildman–Crippen MR) is 97.3 cm³/mol. The maximum absolute atomic E-state index is 13.2. The van der Waals surface area contributed by atoms with Gasteiger partial charge in [-0.3, -0.25) is 14.8 Å². The van der Waals surface area contributed by atoms with Crippen LogP contribution < -0.4 is 5.32 Å². The number of thiazole rings is 1. The topological polar surface area (TPSA) is 69.0 Å². The van der Waals surface area contributed by atoms with E-state index >= 15 is 0 Å². The molecule has 0 saturated carbocycles. The van der Waals surface area contributed by atoms with E-state index in [2.05, 4.69) is 15.4 Å². The summed E-state index contributed by atoms with van der Waals surface area (Å²) in [4.78, 5) is 16.7. The molecule has 1 aliphatic heterocycles. The van der Waals surface area contributed by atoms with Gasteiger partial charge < -0.3 is 4.74 Å². The van der Waals surface area contributed by atoms with E-state index in [1.54, 1.807) is 16.8 Å². The van der Waals surface area contributed by atoms with Crippen LogP contribution in [0.3, 0.4) is 0 Å². The molecule has 1 aliphatic rings. The molecule has 6 nitrogen and oxygen atoms in total. The van der Waals surface area contributed by atoms with Gasteiger partial charge in [0, 0.05) is 36.4 Å². The van der Waals surface area contributed by atoms with Gasteiger partial charge in [0.1, 0.15) is 17.6 Å². The van der Waals surface area contributed by atoms with E-state index in [0.717, 1.165) is 29.7 Å². The first-order valence-electron chi connectivity index (χ1n) is 8.28. The van der Waals surface area contributed by atoms with Crippen LogP contribution in [0.1, 0.15) is 12.8 Å². The maximum atomic E-state index is 13.2. The Kier molecular flexibility index (Phi) is 4.52. The molecule has 1 saturated heterocycles. The summed E-state index contributed by atoms with van der Waals surface area (Å²) in [5.74, 6) is -0.452. The Morgan fingerprint density at radius 1 is 1.38 bits per heavy atom. The Labute approximate surface area is 153 Å². The quantitative estimate of drug-likeness (QED) is 0.761. The normalized spacial score (nSPS) is 16.8. The monoisotopic (exact) mass is 372 g/mol. The number of nitrogens with zero attached hydrogens (tertiary/aromatic N) is 3. The van der Waals surface area contributed by atoms with Crippen molar-refractivity contribution in [3.63, 3.8) is 0 Å². The fraction of sp³-hybridized carbons (Fsp3) is 0.278. The zero-order chi connectivity index (χ0) is 18.1. The highest BCUT2D eigenvalue weighted by molar-refractivity contribution is 7.14. The van der Waals surface area contributed by atoms with Crippen LogP contribution >= 0.6 is 11.3 Å². The molecule has 0 spiro atoms. The average Bonchev–Trinajstić information content (AvgIpc) is 3.35. The van der Waals surface area contributed by atoms with Gasteiger partial charge in [0.2, 0.25) is 0 Å². The SMILES string of the molecule is Cn1cc(-c2csc(NC(=O)[C@@H]3CCCO3)n2)c(-c2ccc(F)cc2)n1. The Morgan fingerprint density at radius 2 is 2.19 bits per heavy atom. The number of hydrogen-bond donors (Lipinski definition) is 1. The molecule has 1 atom stereocenters. The van der Waals surface area contributed by atoms with Crippen molar-refractivity contribution in [2.75, 3.05) is 11.9 Å². The molecule has 3 aromatic rings. The van der Waals surface area contributed by atoms with Gasteiger partial charge >= 0.3 is 0 Å². The van der Waals surface area contributed by atoms with Crippen molar-refractivity contribution < 1.29 is 13.9 Å². The molecular formula is C18H17FN4O2S. The van der Waals surface area contributed by atoms with Crippen LogP contribution in [-0.4, -0.2) is 33.4 Å². The molecule has 26 heavy (non-hydrogen) atoms. The van der Waals surface area contributed by atoms with Crippen molar-refractivity contribution in [1.29, 1.82) is 0 Å². The molecule has 1 aromatic carbocycles. The van der Waals surface area contributed by atoms with Crippen molar-refractivity contribution in [2.45, 2.75) is 18.9 Å². The van der Waals surface area contributed by atoms with Gasteiger partial charge in [-0.1, -0.05) is 0 Å². The summed E-state index contributed by atoms with van der Waals surface area (Å²) in [6.45, 7) is 0.623. The van der Waals surface area contributed by atoms with Crippen LogP contribution in [0.5, 0.6) is 0 Å². The molecule has 2 aromatic heterocycles. The standard InChI is InChI=1S/C18H17FN4O2S/c1-23-9-13(16(22-23)11-4-6-12(19)7-5-11)14-10-26-18(20-14)21-17(24)15-3-2-8-25-15/h4-7,9-10,15H,2-3,8H2,1H3,(H,20,21,24)/t15-/m0/s1. The summed E-state index contributed by atoms with van der Waals surface area (Å²) in [6.07, 6.45) is 3.11. The van der Waals surface area contributed by atoms with Gasteiger partial charge in [-0.05, 0) is 37.1 Å². The lowest BCUT2D eigenvalue weighted by Crippen LogP contribution is -2.26. The minimum Gasteiger partial charge on any atom is -0.368 e. The van der Waals surface area contributed by atoms with E-state index in [-0.39, 0.29) is 11.7 Å². The molecule has 0 aliphatic carbocycles. The number of carbonyl (C=O) groups is 1. The Balaban J connectivity index is 1.59. The fourth-order valence-electron chi connectivity index (χ4n) is 2.92. The Bertz CT molecular complexity index is 929. The molecule has 134 valence electrons. The lowest BCUT2D eigenvalue weighted by Gasteiger charge is -2.07. The van der Waals surface area contributed by atoms with Crippen molar-refractivity contribution in [3.05, 3.63) is 41.7 Å². The van der Waals surface area contributed by atoms with Gasteiger partial charge in [0.15, 0.2) is 5.13 Å². The van der Waals surface area contributed by atoms with Gasteiger partial charge in [0.05, 0.1) is 5.69 Å². The summed E-state index contributed by atoms with van der Waals surface area (Å²) in [6, 6.07) is 6.19. The number of hydrogen-bond acceptors (Lipinski definition) is 5. The molecule has 3 heterocycles. The van der Waals surface area contributed by atoms with E-state index in [1.165, 1.54) is 23.5 Å². The highest BCUT2D eigenvalue weighted by atomic mass is 32.1. The van der Waals surface area contributed by atoms with Crippen molar-refractivity contribution in [1.82, 2.24) is 14.8 Å². The van der Waals surface area contributed by atoms with Crippen LogP contribution in [0.4, 0.5) is 9.52 Å². The number of benzene rings is 1. The Morgan fingerprint density at radius 3 is 2.92 bits per heavy atom. The van der Waals surface area contributed by atoms with Gasteiger partial charge in [-0.2, -0.15) is 5.10 Å². The highest BCUT2D eigenvalue weighted by Crippen LogP contribution is 2.33. The number of rotatable bonds is 4. The number of nitrogens with one attached hydrogen (secondary N) is 1. The lowest BCUT2D eigenvalue weighted by molar-refractivity contribution is -0.124. The summed E-state index contributed by atoms with van der Waals surface area (Å²) >= 11 is 1.35. The number of aryl methyl sites for hydroxylation is 1. The summed E-state index contributed by atoms with van der Waals surface area (Å²) in [5, 5.41) is 9.68. The van der Waals surface area contributed by atoms with Crippen molar-refractivity contribution >= 4 is 22.4 Å². The van der Waals surface area contributed by atoms with Crippen molar-refractivity contribution in [3.8, 4) is 22.5 Å². The van der Waals surface area contributed by atoms with Gasteiger partial charge in [0.25, 0.3) is 5.91 Å². The summed E-state index contributed by atoms with van der Waals surface area (Å²) in [5.41, 5.74) is 3.06. The minimum absolute atomic E-state index is 0.159. The molecule has 1 fully saturated rings. The summed E-state index contributed by atoms with van der Waals surface area (Å²) in [7, 11) is 1.82. The fourth-order valence-corrected chi connectivity index (χ4v) is 3.64. The van der Waals surface area contributed by atoms with Crippen LogP contribution in [-0.2, 0) is 16.6 Å². The third kappa shape index (κ3) is 3.38. The van der Waals surface area contributed by atoms with E-state index < -0.39 is 6.10 Å². The van der Waals surface area contributed by atoms with Gasteiger partial charge in [-0.15, -0.1) is 11.3 Å². The smallest absolute Gasteiger partial charge is 0.255 e. The minimum atomic E-state index is -0.393. The average molecular weight is 372 g/mol. The van der Waals surface area contributed by atoms with E-state index in [1.807, 2.05) is 18.6 Å². The Hall–Kier alpha value is -2.58. The number of aromatic nitrogens is 3. The number of amides is 1. The third-order valence-corrected chi connectivity index (χ3v) is 4.94. The zero-order valence-corrected chi connectivity index (χ0v) is 14.9. The van der Waals surface area contributed by atoms with E-state index in [4.69, 9.17) is 4.74 Å². The van der Waals surface area contributed by atoms with E-state index in [9.17, 15) is 9.18 Å². The third-order valence-electron chi connectivity index (χ3n) is 4.18. The van der Waals surface area contributed by atoms with Gasteiger partial charge in [-0.25, -0.2) is 9.37 Å². The van der Waals surface area contributed by atoms with E-state index in [0.29, 0.717) is 17.4 Å². The first-order valence-corrected chi connectivity index (χ1v) is 9.16. The number of ether oxygens (including phenoxy) is 1. The second kappa shape index (κ2) is 6.97. The molecule has 0 bridgehead atoms. The maximum Gasteiger partial charge on any atom is 0.255 e. The molecular weight excluding hydrogens is 355 g/mol. The molecule has 0 unspecified atom stereocenters. The first-order chi connectivity index (χ1) is 12.6. The number of anilines is 1. The zero-order valence-electron chi connectivity index (χ0n) is 14.1. The van der Waals surface area contributed by atoms with Crippen LogP contribution in [0.2, 0.25) is 0 Å². The molecule has 0 radical (unpaired) electrons. The van der Waals surface area contributed by atoms with Crippen molar-refractivity contribution in [2.24, 2.45) is 7.05 Å². The summed E-state index contributed by atoms with van der Waals surface area (Å²) < 4.78 is 20.3. The molecule has 4 rings (SSSR count). The first kappa shape index (κ1) is 16.9. The second-order valence-electron chi connectivity index (χ2n) is 6.10. The number of halogens is 1. The molecule has 1 amide bonds. The second-order valence-corrected chi connectivity index (χ2v) is 6.96. The predicted octanol–water partition coefficient (Wildman–Crippen LogP) is 3.47. The molecule has 8 heteroatoms. The highest BCUT2D eigenvalue weighted by Gasteiger charge is 2.24. The van der Waals surface area contributed by atoms with Crippen LogP contribution in [0.15, 0.2) is 35.8 Å². The van der Waals surface area contributed by atoms with Crippen LogP contribution in [0.25, 0.3) is 22.5 Å². The number of carbonyl (C=O) groups excluding carboxylic acids is 1. The van der Waals surface area contributed by atoms with Crippen LogP contribution in [0, 0.1) is 5.82 Å².